The summed E-state index contributed by atoms with van der Waals surface area (Å²) in [4.78, 5) is 23.6. The third kappa shape index (κ3) is 3.94. The molecule has 1 aliphatic heterocycles. The van der Waals surface area contributed by atoms with Crippen LogP contribution in [0.15, 0.2) is 48.5 Å². The standard InChI is InChI=1S/C19H21N3O4/c1-11-14(9-12-5-3-2-4-6-12)17(24)22-19(20-11)21-13-7-8-16(23)15(10-13)18(25)26/h2-8,10-11,14,19-21,23H,9H2,1H3,(H,22,24)(H,25,26). The Kier molecular flexibility index (Phi) is 5.09. The van der Waals surface area contributed by atoms with Gasteiger partial charge in [-0.1, -0.05) is 30.3 Å². The van der Waals surface area contributed by atoms with E-state index in [1.807, 2.05) is 37.3 Å². The van der Waals surface area contributed by atoms with Crippen molar-refractivity contribution in [3.05, 3.63) is 59.7 Å². The molecule has 0 radical (unpaired) electrons. The summed E-state index contributed by atoms with van der Waals surface area (Å²) in [6.07, 6.45) is 0.103. The first-order chi connectivity index (χ1) is 12.4. The number of amides is 1. The number of benzene rings is 2. The quantitative estimate of drug-likeness (QED) is 0.523. The number of aromatic carboxylic acids is 1. The predicted molar refractivity (Wildman–Crippen MR) is 96.9 cm³/mol. The van der Waals surface area contributed by atoms with Gasteiger partial charge in [0.15, 0.2) is 6.29 Å². The van der Waals surface area contributed by atoms with Crippen LogP contribution < -0.4 is 16.0 Å². The molecule has 1 aliphatic rings. The molecule has 2 aromatic carbocycles. The van der Waals surface area contributed by atoms with E-state index in [1.165, 1.54) is 12.1 Å². The number of carboxylic acids is 1. The number of phenols is 1. The molecule has 1 fully saturated rings. The van der Waals surface area contributed by atoms with E-state index in [9.17, 15) is 14.7 Å². The maximum atomic E-state index is 12.5. The van der Waals surface area contributed by atoms with Gasteiger partial charge in [0.05, 0.1) is 5.92 Å². The summed E-state index contributed by atoms with van der Waals surface area (Å²) in [5.74, 6) is -1.80. The Morgan fingerprint density at radius 3 is 2.58 bits per heavy atom. The van der Waals surface area contributed by atoms with Crippen molar-refractivity contribution in [3.8, 4) is 5.75 Å². The van der Waals surface area contributed by atoms with Crippen molar-refractivity contribution in [2.45, 2.75) is 25.7 Å². The number of rotatable bonds is 5. The molecular formula is C19H21N3O4. The SMILES string of the molecule is CC1NC(Nc2ccc(O)c(C(=O)O)c2)NC(=O)C1Cc1ccccc1. The van der Waals surface area contributed by atoms with Gasteiger partial charge in [0.25, 0.3) is 0 Å². The summed E-state index contributed by atoms with van der Waals surface area (Å²) >= 11 is 0. The van der Waals surface area contributed by atoms with E-state index >= 15 is 0 Å². The van der Waals surface area contributed by atoms with E-state index < -0.39 is 12.3 Å². The predicted octanol–water partition coefficient (Wildman–Crippen LogP) is 1.75. The van der Waals surface area contributed by atoms with E-state index in [-0.39, 0.29) is 29.2 Å². The fourth-order valence-corrected chi connectivity index (χ4v) is 3.08. The summed E-state index contributed by atoms with van der Waals surface area (Å²) in [5.41, 5.74) is 1.37. The van der Waals surface area contributed by atoms with Crippen LogP contribution in [0.25, 0.3) is 0 Å². The topological polar surface area (TPSA) is 111 Å². The zero-order valence-corrected chi connectivity index (χ0v) is 14.3. The van der Waals surface area contributed by atoms with Crippen LogP contribution in [-0.2, 0) is 11.2 Å². The lowest BCUT2D eigenvalue weighted by Gasteiger charge is -2.36. The lowest BCUT2D eigenvalue weighted by atomic mass is 9.91. The zero-order chi connectivity index (χ0) is 18.7. The van der Waals surface area contributed by atoms with Crippen molar-refractivity contribution >= 4 is 17.6 Å². The minimum Gasteiger partial charge on any atom is -0.507 e. The molecule has 0 bridgehead atoms. The lowest BCUT2D eigenvalue weighted by Crippen LogP contribution is -2.63. The number of aromatic hydroxyl groups is 1. The van der Waals surface area contributed by atoms with Crippen LogP contribution in [0, 0.1) is 5.92 Å². The largest absolute Gasteiger partial charge is 0.507 e. The molecule has 1 amide bonds. The highest BCUT2D eigenvalue weighted by Crippen LogP contribution is 2.23. The Balaban J connectivity index is 1.67. The molecule has 0 aromatic heterocycles. The monoisotopic (exact) mass is 355 g/mol. The first kappa shape index (κ1) is 17.8. The average molecular weight is 355 g/mol. The number of hydrogen-bond acceptors (Lipinski definition) is 5. The molecule has 3 atom stereocenters. The first-order valence-electron chi connectivity index (χ1n) is 8.37. The van der Waals surface area contributed by atoms with Crippen molar-refractivity contribution in [1.82, 2.24) is 10.6 Å². The number of carboxylic acid groups (broad SMARTS) is 1. The molecule has 0 saturated carbocycles. The van der Waals surface area contributed by atoms with Gasteiger partial charge in [-0.05, 0) is 37.1 Å². The van der Waals surface area contributed by atoms with Gasteiger partial charge in [0.1, 0.15) is 11.3 Å². The smallest absolute Gasteiger partial charge is 0.339 e. The van der Waals surface area contributed by atoms with E-state index in [0.717, 1.165) is 5.56 Å². The van der Waals surface area contributed by atoms with Crippen molar-refractivity contribution in [2.24, 2.45) is 5.92 Å². The number of carbonyl (C=O) groups is 2. The molecule has 136 valence electrons. The van der Waals surface area contributed by atoms with Gasteiger partial charge >= 0.3 is 5.97 Å². The van der Waals surface area contributed by atoms with Gasteiger partial charge in [-0.25, -0.2) is 4.79 Å². The van der Waals surface area contributed by atoms with Crippen molar-refractivity contribution in [3.63, 3.8) is 0 Å². The second-order valence-corrected chi connectivity index (χ2v) is 6.37. The van der Waals surface area contributed by atoms with Crippen LogP contribution in [0.4, 0.5) is 5.69 Å². The van der Waals surface area contributed by atoms with Crippen LogP contribution in [0.2, 0.25) is 0 Å². The molecule has 1 saturated heterocycles. The lowest BCUT2D eigenvalue weighted by molar-refractivity contribution is -0.128. The van der Waals surface area contributed by atoms with Crippen LogP contribution >= 0.6 is 0 Å². The highest BCUT2D eigenvalue weighted by molar-refractivity contribution is 5.92. The summed E-state index contributed by atoms with van der Waals surface area (Å²) in [6, 6.07) is 13.9. The Morgan fingerprint density at radius 2 is 1.92 bits per heavy atom. The first-order valence-corrected chi connectivity index (χ1v) is 8.37. The van der Waals surface area contributed by atoms with Crippen LogP contribution in [0.1, 0.15) is 22.8 Å². The van der Waals surface area contributed by atoms with Gasteiger partial charge in [-0.15, -0.1) is 0 Å². The van der Waals surface area contributed by atoms with Crippen LogP contribution in [-0.4, -0.2) is 34.4 Å². The number of anilines is 1. The second kappa shape index (κ2) is 7.45. The summed E-state index contributed by atoms with van der Waals surface area (Å²) in [5, 5.41) is 27.8. The highest BCUT2D eigenvalue weighted by atomic mass is 16.4. The van der Waals surface area contributed by atoms with E-state index in [2.05, 4.69) is 16.0 Å². The Morgan fingerprint density at radius 1 is 1.19 bits per heavy atom. The molecule has 26 heavy (non-hydrogen) atoms. The molecule has 2 aromatic rings. The van der Waals surface area contributed by atoms with E-state index in [0.29, 0.717) is 12.1 Å². The molecule has 3 rings (SSSR count). The normalized spacial score (nSPS) is 22.5. The Bertz CT molecular complexity index is 810. The minimum absolute atomic E-state index is 0.0717. The highest BCUT2D eigenvalue weighted by Gasteiger charge is 2.33. The maximum Gasteiger partial charge on any atom is 0.339 e. The Hall–Kier alpha value is -3.06. The van der Waals surface area contributed by atoms with Crippen molar-refractivity contribution in [1.29, 1.82) is 0 Å². The average Bonchev–Trinajstić information content (AvgIpc) is 2.60. The maximum absolute atomic E-state index is 12.5. The minimum atomic E-state index is -1.22. The summed E-state index contributed by atoms with van der Waals surface area (Å²) in [7, 11) is 0. The molecule has 0 aliphatic carbocycles. The zero-order valence-electron chi connectivity index (χ0n) is 14.3. The molecule has 3 unspecified atom stereocenters. The van der Waals surface area contributed by atoms with Gasteiger partial charge in [0.2, 0.25) is 5.91 Å². The summed E-state index contributed by atoms with van der Waals surface area (Å²) in [6.45, 7) is 1.94. The molecule has 1 heterocycles. The fourth-order valence-electron chi connectivity index (χ4n) is 3.08. The molecule has 7 nitrogen and oxygen atoms in total. The van der Waals surface area contributed by atoms with Gasteiger partial charge in [-0.2, -0.15) is 0 Å². The Labute approximate surface area is 151 Å². The number of carbonyl (C=O) groups excluding carboxylic acids is 1. The molecule has 5 N–H and O–H groups in total. The third-order valence-corrected chi connectivity index (χ3v) is 4.49. The molecule has 7 heteroatoms. The van der Waals surface area contributed by atoms with E-state index in [4.69, 9.17) is 5.11 Å². The fraction of sp³-hybridized carbons (Fsp3) is 0.263. The van der Waals surface area contributed by atoms with Crippen molar-refractivity contribution < 1.29 is 19.8 Å². The third-order valence-electron chi connectivity index (χ3n) is 4.49. The van der Waals surface area contributed by atoms with Gasteiger partial charge < -0.3 is 20.8 Å². The summed E-state index contributed by atoms with van der Waals surface area (Å²) < 4.78 is 0. The van der Waals surface area contributed by atoms with Crippen molar-refractivity contribution in [2.75, 3.05) is 5.32 Å². The van der Waals surface area contributed by atoms with Crippen LogP contribution in [0.3, 0.4) is 0 Å². The number of hydrogen-bond donors (Lipinski definition) is 5. The second-order valence-electron chi connectivity index (χ2n) is 6.37. The van der Waals surface area contributed by atoms with E-state index in [1.54, 1.807) is 6.07 Å². The molecule has 0 spiro atoms. The van der Waals surface area contributed by atoms with Gasteiger partial charge in [-0.3, -0.25) is 10.1 Å². The van der Waals surface area contributed by atoms with Crippen LogP contribution in [0.5, 0.6) is 5.75 Å². The molecular weight excluding hydrogens is 334 g/mol. The van der Waals surface area contributed by atoms with Gasteiger partial charge in [0, 0.05) is 11.7 Å². The number of nitrogens with one attached hydrogen (secondary N) is 3.